The van der Waals surface area contributed by atoms with E-state index in [9.17, 15) is 0 Å². The topological polar surface area (TPSA) is 41.6 Å². The molecular weight excluding hydrogens is 198 g/mol. The van der Waals surface area contributed by atoms with E-state index in [0.29, 0.717) is 11.7 Å². The predicted molar refractivity (Wildman–Crippen MR) is 61.1 cm³/mol. The average molecular weight is 215 g/mol. The van der Waals surface area contributed by atoms with Crippen LogP contribution in [-0.4, -0.2) is 9.78 Å². The van der Waals surface area contributed by atoms with E-state index in [1.165, 1.54) is 49.8 Å². The lowest BCUT2D eigenvalue weighted by atomic mass is 9.95. The van der Waals surface area contributed by atoms with Gasteiger partial charge in [-0.05, 0) is 38.5 Å². The fourth-order valence-electron chi connectivity index (χ4n) is 3.17. The molecule has 0 atom stereocenters. The summed E-state index contributed by atoms with van der Waals surface area (Å²) in [7, 11) is 0. The van der Waals surface area contributed by atoms with E-state index < -0.39 is 0 Å². The summed E-state index contributed by atoms with van der Waals surface area (Å²) in [4.78, 5) is 0. The van der Waals surface area contributed by atoms with Gasteiger partial charge < -0.3 is 0 Å². The van der Waals surface area contributed by atoms with Crippen LogP contribution >= 0.6 is 0 Å². The Morgan fingerprint density at radius 3 is 2.62 bits per heavy atom. The summed E-state index contributed by atoms with van der Waals surface area (Å²) in [6.45, 7) is 0. The zero-order valence-electron chi connectivity index (χ0n) is 9.58. The molecule has 0 spiro atoms. The maximum atomic E-state index is 9.12. The smallest absolute Gasteiger partial charge is 0.165 e. The van der Waals surface area contributed by atoms with Crippen LogP contribution in [0.1, 0.15) is 61.5 Å². The summed E-state index contributed by atoms with van der Waals surface area (Å²) in [5.41, 5.74) is 3.32. The van der Waals surface area contributed by atoms with Crippen molar-refractivity contribution in [2.75, 3.05) is 0 Å². The highest BCUT2D eigenvalue weighted by Crippen LogP contribution is 2.34. The van der Waals surface area contributed by atoms with Crippen LogP contribution in [0.15, 0.2) is 0 Å². The van der Waals surface area contributed by atoms with E-state index in [4.69, 9.17) is 5.26 Å². The van der Waals surface area contributed by atoms with Gasteiger partial charge in [-0.2, -0.15) is 10.4 Å². The van der Waals surface area contributed by atoms with Gasteiger partial charge in [-0.1, -0.05) is 12.8 Å². The molecule has 1 aromatic rings. The van der Waals surface area contributed by atoms with Crippen molar-refractivity contribution in [2.45, 2.75) is 57.4 Å². The quantitative estimate of drug-likeness (QED) is 0.722. The SMILES string of the molecule is N#Cc1nn(C2CCCC2)c2c1CCCC2. The number of aromatic nitrogens is 2. The van der Waals surface area contributed by atoms with Gasteiger partial charge in [0.2, 0.25) is 0 Å². The third kappa shape index (κ3) is 1.44. The standard InChI is InChI=1S/C13H17N3/c14-9-12-11-7-3-4-8-13(11)16(15-12)10-5-1-2-6-10/h10H,1-8H2. The Kier molecular flexibility index (Phi) is 2.43. The van der Waals surface area contributed by atoms with Crippen molar-refractivity contribution in [1.82, 2.24) is 9.78 Å². The fraction of sp³-hybridized carbons (Fsp3) is 0.692. The molecule has 0 bridgehead atoms. The minimum Gasteiger partial charge on any atom is -0.265 e. The largest absolute Gasteiger partial charge is 0.265 e. The van der Waals surface area contributed by atoms with Crippen molar-refractivity contribution in [3.63, 3.8) is 0 Å². The van der Waals surface area contributed by atoms with E-state index in [2.05, 4.69) is 15.8 Å². The molecular formula is C13H17N3. The Morgan fingerprint density at radius 2 is 1.88 bits per heavy atom. The number of hydrogen-bond donors (Lipinski definition) is 0. The first-order chi connectivity index (χ1) is 7.90. The molecule has 3 nitrogen and oxygen atoms in total. The third-order valence-corrected chi connectivity index (χ3v) is 3.99. The Balaban J connectivity index is 2.04. The number of nitrogens with zero attached hydrogens (tertiary/aromatic N) is 3. The zero-order chi connectivity index (χ0) is 11.0. The van der Waals surface area contributed by atoms with Crippen molar-refractivity contribution >= 4 is 0 Å². The van der Waals surface area contributed by atoms with Crippen molar-refractivity contribution in [2.24, 2.45) is 0 Å². The van der Waals surface area contributed by atoms with Gasteiger partial charge in [0.25, 0.3) is 0 Å². The van der Waals surface area contributed by atoms with Gasteiger partial charge in [0, 0.05) is 11.3 Å². The molecule has 2 aliphatic carbocycles. The number of rotatable bonds is 1. The Labute approximate surface area is 96.1 Å². The first-order valence-electron chi connectivity index (χ1n) is 6.40. The minimum absolute atomic E-state index is 0.578. The van der Waals surface area contributed by atoms with Gasteiger partial charge in [-0.25, -0.2) is 0 Å². The van der Waals surface area contributed by atoms with E-state index >= 15 is 0 Å². The van der Waals surface area contributed by atoms with E-state index in [1.54, 1.807) is 0 Å². The zero-order valence-corrected chi connectivity index (χ0v) is 9.58. The molecule has 0 radical (unpaired) electrons. The number of fused-ring (bicyclic) bond motifs is 1. The van der Waals surface area contributed by atoms with Gasteiger partial charge in [-0.15, -0.1) is 0 Å². The molecule has 1 fully saturated rings. The first kappa shape index (κ1) is 9.89. The summed E-state index contributed by atoms with van der Waals surface area (Å²) in [6, 6.07) is 2.84. The second kappa shape index (κ2) is 3.93. The van der Waals surface area contributed by atoms with Gasteiger partial charge in [0.05, 0.1) is 6.04 Å². The van der Waals surface area contributed by atoms with Crippen molar-refractivity contribution in [3.05, 3.63) is 17.0 Å². The molecule has 0 amide bonds. The summed E-state index contributed by atoms with van der Waals surface area (Å²) < 4.78 is 2.19. The van der Waals surface area contributed by atoms with Crippen LogP contribution in [0, 0.1) is 11.3 Å². The Hall–Kier alpha value is -1.30. The van der Waals surface area contributed by atoms with Gasteiger partial charge in [0.1, 0.15) is 6.07 Å². The normalized spacial score (nSPS) is 20.7. The molecule has 16 heavy (non-hydrogen) atoms. The maximum absolute atomic E-state index is 9.12. The van der Waals surface area contributed by atoms with E-state index in [-0.39, 0.29) is 0 Å². The fourth-order valence-corrected chi connectivity index (χ4v) is 3.17. The molecule has 0 aromatic carbocycles. The van der Waals surface area contributed by atoms with Gasteiger partial charge >= 0.3 is 0 Å². The van der Waals surface area contributed by atoms with Crippen LogP contribution in [0.4, 0.5) is 0 Å². The van der Waals surface area contributed by atoms with E-state index in [1.807, 2.05) is 0 Å². The highest BCUT2D eigenvalue weighted by molar-refractivity contribution is 5.37. The Bertz CT molecular complexity index is 433. The lowest BCUT2D eigenvalue weighted by Gasteiger charge is -2.17. The van der Waals surface area contributed by atoms with E-state index in [0.717, 1.165) is 12.8 Å². The summed E-state index contributed by atoms with van der Waals surface area (Å²) in [6.07, 6.45) is 9.81. The predicted octanol–water partition coefficient (Wildman–Crippen LogP) is 2.75. The molecule has 1 saturated carbocycles. The van der Waals surface area contributed by atoms with Crippen molar-refractivity contribution in [3.8, 4) is 6.07 Å². The van der Waals surface area contributed by atoms with Crippen LogP contribution < -0.4 is 0 Å². The molecule has 0 saturated heterocycles. The highest BCUT2D eigenvalue weighted by atomic mass is 15.3. The monoisotopic (exact) mass is 215 g/mol. The molecule has 2 aliphatic rings. The average Bonchev–Trinajstić information content (AvgIpc) is 2.95. The van der Waals surface area contributed by atoms with Crippen LogP contribution in [0.5, 0.6) is 0 Å². The molecule has 3 heteroatoms. The summed E-state index contributed by atoms with van der Waals surface area (Å²) >= 11 is 0. The number of nitriles is 1. The van der Waals surface area contributed by atoms with Crippen LogP contribution in [0.3, 0.4) is 0 Å². The van der Waals surface area contributed by atoms with Gasteiger partial charge in [0.15, 0.2) is 5.69 Å². The highest BCUT2D eigenvalue weighted by Gasteiger charge is 2.26. The summed E-state index contributed by atoms with van der Waals surface area (Å²) in [5, 5.41) is 13.7. The molecule has 0 N–H and O–H groups in total. The molecule has 3 rings (SSSR count). The third-order valence-electron chi connectivity index (χ3n) is 3.99. The Morgan fingerprint density at radius 1 is 1.12 bits per heavy atom. The summed E-state index contributed by atoms with van der Waals surface area (Å²) in [5.74, 6) is 0. The lowest BCUT2D eigenvalue weighted by Crippen LogP contribution is -2.13. The first-order valence-corrected chi connectivity index (χ1v) is 6.40. The van der Waals surface area contributed by atoms with Crippen LogP contribution in [0.25, 0.3) is 0 Å². The van der Waals surface area contributed by atoms with Crippen molar-refractivity contribution in [1.29, 1.82) is 5.26 Å². The second-order valence-corrected chi connectivity index (χ2v) is 4.98. The number of hydrogen-bond acceptors (Lipinski definition) is 2. The second-order valence-electron chi connectivity index (χ2n) is 4.98. The van der Waals surface area contributed by atoms with Crippen LogP contribution in [0.2, 0.25) is 0 Å². The molecule has 1 heterocycles. The molecule has 0 aliphatic heterocycles. The van der Waals surface area contributed by atoms with Gasteiger partial charge in [-0.3, -0.25) is 4.68 Å². The molecule has 0 unspecified atom stereocenters. The van der Waals surface area contributed by atoms with Crippen LogP contribution in [-0.2, 0) is 12.8 Å². The van der Waals surface area contributed by atoms with Crippen molar-refractivity contribution < 1.29 is 0 Å². The molecule has 84 valence electrons. The minimum atomic E-state index is 0.578. The lowest BCUT2D eigenvalue weighted by molar-refractivity contribution is 0.441. The maximum Gasteiger partial charge on any atom is 0.165 e. The molecule has 1 aromatic heterocycles.